The second-order valence-electron chi connectivity index (χ2n) is 2.26. The molecule has 0 aliphatic rings. The van der Waals surface area contributed by atoms with Gasteiger partial charge in [-0.25, -0.2) is 4.98 Å². The Bertz CT molecular complexity index is 303. The van der Waals surface area contributed by atoms with Crippen LogP contribution in [0.15, 0.2) is 28.6 Å². The molecular weight excluding hydrogens is 154 g/mol. The summed E-state index contributed by atoms with van der Waals surface area (Å²) in [6.45, 7) is 1.50. The molecule has 0 aliphatic carbocycles. The van der Waals surface area contributed by atoms with Gasteiger partial charge in [0.25, 0.3) is 0 Å². The predicted molar refractivity (Wildman–Crippen MR) is 44.7 cm³/mol. The lowest BCUT2D eigenvalue weighted by molar-refractivity contribution is 0.101. The number of hydrogen-bond acceptors (Lipinski definition) is 4. The van der Waals surface area contributed by atoms with Crippen molar-refractivity contribution >= 4 is 11.6 Å². The summed E-state index contributed by atoms with van der Waals surface area (Å²) in [5.74, 6) is 0.519. The first-order valence-corrected chi connectivity index (χ1v) is 3.51. The third-order valence-corrected chi connectivity index (χ3v) is 1.36. The number of carbonyl (C=O) groups excluding carboxylic acids is 1. The highest BCUT2D eigenvalue weighted by molar-refractivity contribution is 5.93. The highest BCUT2D eigenvalue weighted by Gasteiger charge is 1.98. The fraction of sp³-hybridized carbons (Fsp3) is 0.250. The first kappa shape index (κ1) is 8.52. The van der Waals surface area contributed by atoms with E-state index in [0.29, 0.717) is 11.4 Å². The van der Waals surface area contributed by atoms with Crippen molar-refractivity contribution in [3.8, 4) is 0 Å². The minimum Gasteiger partial charge on any atom is -0.294 e. The second-order valence-corrected chi connectivity index (χ2v) is 2.26. The minimum absolute atomic E-state index is 0.00230. The molecule has 1 heterocycles. The molecule has 0 aromatic carbocycles. The average Bonchev–Trinajstić information content (AvgIpc) is 2.06. The van der Waals surface area contributed by atoms with Crippen molar-refractivity contribution in [2.24, 2.45) is 10.2 Å². The molecular formula is C8H9N3O. The van der Waals surface area contributed by atoms with Gasteiger partial charge in [-0.1, -0.05) is 0 Å². The molecule has 62 valence electrons. The van der Waals surface area contributed by atoms with Gasteiger partial charge in [0, 0.05) is 18.8 Å². The Hall–Kier alpha value is -1.58. The van der Waals surface area contributed by atoms with Crippen LogP contribution in [0.2, 0.25) is 0 Å². The van der Waals surface area contributed by atoms with Crippen LogP contribution in [0, 0.1) is 0 Å². The standard InChI is InChI=1S/C8H9N3O/c1-6(12)7-3-4-8(10-5-7)11-9-2/h3-5H,1-2H3. The summed E-state index contributed by atoms with van der Waals surface area (Å²) < 4.78 is 0. The van der Waals surface area contributed by atoms with Crippen LogP contribution in [0.1, 0.15) is 17.3 Å². The fourth-order valence-electron chi connectivity index (χ4n) is 0.756. The quantitative estimate of drug-likeness (QED) is 0.494. The Labute approximate surface area is 70.4 Å². The molecule has 4 nitrogen and oxygen atoms in total. The second kappa shape index (κ2) is 3.71. The van der Waals surface area contributed by atoms with Crippen LogP contribution >= 0.6 is 0 Å². The van der Waals surface area contributed by atoms with E-state index in [0.717, 1.165) is 0 Å². The average molecular weight is 163 g/mol. The van der Waals surface area contributed by atoms with Gasteiger partial charge in [0.15, 0.2) is 11.6 Å². The van der Waals surface area contributed by atoms with Gasteiger partial charge in [-0.3, -0.25) is 4.79 Å². The molecule has 0 amide bonds. The van der Waals surface area contributed by atoms with Gasteiger partial charge in [-0.2, -0.15) is 5.11 Å². The summed E-state index contributed by atoms with van der Waals surface area (Å²) in [7, 11) is 1.57. The summed E-state index contributed by atoms with van der Waals surface area (Å²) >= 11 is 0. The van der Waals surface area contributed by atoms with Crippen LogP contribution in [0.25, 0.3) is 0 Å². The third kappa shape index (κ3) is 1.95. The molecule has 1 aromatic rings. The van der Waals surface area contributed by atoms with E-state index in [4.69, 9.17) is 0 Å². The normalized spacial score (nSPS) is 10.5. The van der Waals surface area contributed by atoms with Crippen molar-refractivity contribution in [2.45, 2.75) is 6.92 Å². The van der Waals surface area contributed by atoms with E-state index in [1.165, 1.54) is 13.1 Å². The van der Waals surface area contributed by atoms with Crippen LogP contribution in [-0.4, -0.2) is 17.8 Å². The number of carbonyl (C=O) groups is 1. The topological polar surface area (TPSA) is 54.7 Å². The molecule has 1 aromatic heterocycles. The Morgan fingerprint density at radius 3 is 2.67 bits per heavy atom. The molecule has 12 heavy (non-hydrogen) atoms. The van der Waals surface area contributed by atoms with Gasteiger partial charge >= 0.3 is 0 Å². The van der Waals surface area contributed by atoms with E-state index in [1.807, 2.05) is 0 Å². The van der Waals surface area contributed by atoms with Gasteiger partial charge in [0.1, 0.15) is 0 Å². The summed E-state index contributed by atoms with van der Waals surface area (Å²) in [4.78, 5) is 14.7. The van der Waals surface area contributed by atoms with Gasteiger partial charge in [0.2, 0.25) is 0 Å². The molecule has 0 atom stereocenters. The van der Waals surface area contributed by atoms with Crippen molar-refractivity contribution in [1.29, 1.82) is 0 Å². The molecule has 0 spiro atoms. The first-order valence-electron chi connectivity index (χ1n) is 3.51. The highest BCUT2D eigenvalue weighted by Crippen LogP contribution is 2.08. The minimum atomic E-state index is 0.00230. The third-order valence-electron chi connectivity index (χ3n) is 1.36. The van der Waals surface area contributed by atoms with Crippen LogP contribution < -0.4 is 0 Å². The summed E-state index contributed by atoms with van der Waals surface area (Å²) in [5, 5.41) is 7.27. The molecule has 0 saturated heterocycles. The SMILES string of the molecule is CN=Nc1ccc(C(C)=O)cn1. The van der Waals surface area contributed by atoms with Gasteiger partial charge < -0.3 is 0 Å². The zero-order valence-corrected chi connectivity index (χ0v) is 6.98. The molecule has 0 unspecified atom stereocenters. The van der Waals surface area contributed by atoms with E-state index in [1.54, 1.807) is 19.2 Å². The molecule has 0 fully saturated rings. The largest absolute Gasteiger partial charge is 0.294 e. The summed E-state index contributed by atoms with van der Waals surface area (Å²) in [6, 6.07) is 3.34. The predicted octanol–water partition coefficient (Wildman–Crippen LogP) is 2.00. The number of ketones is 1. The van der Waals surface area contributed by atoms with Crippen molar-refractivity contribution in [2.75, 3.05) is 7.05 Å². The number of hydrogen-bond donors (Lipinski definition) is 0. The van der Waals surface area contributed by atoms with Gasteiger partial charge in [0.05, 0.1) is 0 Å². The number of rotatable bonds is 2. The molecule has 0 saturated carbocycles. The van der Waals surface area contributed by atoms with Crippen molar-refractivity contribution in [3.63, 3.8) is 0 Å². The molecule has 0 aliphatic heterocycles. The van der Waals surface area contributed by atoms with Gasteiger partial charge in [-0.05, 0) is 19.1 Å². The number of nitrogens with zero attached hydrogens (tertiary/aromatic N) is 3. The fourth-order valence-corrected chi connectivity index (χ4v) is 0.756. The lowest BCUT2D eigenvalue weighted by Crippen LogP contribution is -1.91. The van der Waals surface area contributed by atoms with Crippen molar-refractivity contribution in [1.82, 2.24) is 4.98 Å². The van der Waals surface area contributed by atoms with Crippen molar-refractivity contribution < 1.29 is 4.79 Å². The Morgan fingerprint density at radius 2 is 2.25 bits per heavy atom. The number of Topliss-reactive ketones (excluding diaryl/α,β-unsaturated/α-hetero) is 1. The smallest absolute Gasteiger partial charge is 0.173 e. The van der Waals surface area contributed by atoms with E-state index in [2.05, 4.69) is 15.2 Å². The van der Waals surface area contributed by atoms with Crippen LogP contribution in [-0.2, 0) is 0 Å². The molecule has 0 radical (unpaired) electrons. The van der Waals surface area contributed by atoms with E-state index in [9.17, 15) is 4.79 Å². The Morgan fingerprint density at radius 1 is 1.50 bits per heavy atom. The molecule has 1 rings (SSSR count). The highest BCUT2D eigenvalue weighted by atomic mass is 16.1. The Balaban J connectivity index is 2.93. The lowest BCUT2D eigenvalue weighted by atomic mass is 10.2. The lowest BCUT2D eigenvalue weighted by Gasteiger charge is -1.93. The molecule has 4 heteroatoms. The molecule has 0 bridgehead atoms. The number of pyridine rings is 1. The maximum absolute atomic E-state index is 10.8. The zero-order valence-electron chi connectivity index (χ0n) is 6.98. The first-order chi connectivity index (χ1) is 5.74. The van der Waals surface area contributed by atoms with E-state index in [-0.39, 0.29) is 5.78 Å². The van der Waals surface area contributed by atoms with Crippen LogP contribution in [0.5, 0.6) is 0 Å². The number of aromatic nitrogens is 1. The van der Waals surface area contributed by atoms with Crippen LogP contribution in [0.4, 0.5) is 5.82 Å². The Kier molecular flexibility index (Phi) is 2.63. The van der Waals surface area contributed by atoms with Crippen LogP contribution in [0.3, 0.4) is 0 Å². The zero-order chi connectivity index (χ0) is 8.97. The summed E-state index contributed by atoms with van der Waals surface area (Å²) in [5.41, 5.74) is 0.588. The van der Waals surface area contributed by atoms with Crippen molar-refractivity contribution in [3.05, 3.63) is 23.9 Å². The monoisotopic (exact) mass is 163 g/mol. The van der Waals surface area contributed by atoms with E-state index >= 15 is 0 Å². The maximum Gasteiger partial charge on any atom is 0.173 e. The molecule has 0 N–H and O–H groups in total. The maximum atomic E-state index is 10.8. The summed E-state index contributed by atoms with van der Waals surface area (Å²) in [6.07, 6.45) is 1.49. The van der Waals surface area contributed by atoms with E-state index < -0.39 is 0 Å². The van der Waals surface area contributed by atoms with Gasteiger partial charge in [-0.15, -0.1) is 5.11 Å². The number of azo groups is 1.